The Hall–Kier alpha value is -2.07. The number of amides is 1. The maximum absolute atomic E-state index is 10.6. The van der Waals surface area contributed by atoms with Crippen molar-refractivity contribution in [3.05, 3.63) is 70.2 Å². The highest BCUT2D eigenvalue weighted by Crippen LogP contribution is 2.16. The van der Waals surface area contributed by atoms with E-state index < -0.39 is 5.91 Å². The van der Waals surface area contributed by atoms with E-state index in [9.17, 15) is 4.79 Å². The molecule has 20 heavy (non-hydrogen) atoms. The molecule has 0 spiro atoms. The predicted molar refractivity (Wildman–Crippen MR) is 83.1 cm³/mol. The number of rotatable bonds is 5. The van der Waals surface area contributed by atoms with Gasteiger partial charge in [0.15, 0.2) is 0 Å². The third-order valence-corrected chi connectivity index (χ3v) is 3.17. The van der Waals surface area contributed by atoms with Crippen molar-refractivity contribution in [3.63, 3.8) is 0 Å². The minimum absolute atomic E-state index is 0.458. The first-order chi connectivity index (χ1) is 9.63. The molecule has 4 heteroatoms. The Bertz CT molecular complexity index is 603. The molecular weight excluding hydrogens is 318 g/mol. The quantitative estimate of drug-likeness (QED) is 0.852. The van der Waals surface area contributed by atoms with Crippen LogP contribution in [-0.4, -0.2) is 5.91 Å². The molecule has 0 saturated heterocycles. The summed E-state index contributed by atoms with van der Waals surface area (Å²) >= 11 is 3.39. The molecule has 0 fully saturated rings. The van der Waals surface area contributed by atoms with E-state index in [0.29, 0.717) is 6.61 Å². The zero-order valence-corrected chi connectivity index (χ0v) is 12.3. The molecule has 0 aliphatic heterocycles. The summed E-state index contributed by atoms with van der Waals surface area (Å²) in [6.45, 7) is 0.518. The van der Waals surface area contributed by atoms with Crippen molar-refractivity contribution in [1.29, 1.82) is 0 Å². The Labute approximate surface area is 126 Å². The molecule has 102 valence electrons. The van der Waals surface area contributed by atoms with Crippen LogP contribution in [0, 0.1) is 0 Å². The summed E-state index contributed by atoms with van der Waals surface area (Å²) in [6, 6.07) is 15.4. The van der Waals surface area contributed by atoms with E-state index in [0.717, 1.165) is 21.3 Å². The van der Waals surface area contributed by atoms with E-state index in [4.69, 9.17) is 10.5 Å². The summed E-state index contributed by atoms with van der Waals surface area (Å²) in [7, 11) is 0. The number of carbonyl (C=O) groups is 1. The zero-order valence-electron chi connectivity index (χ0n) is 10.8. The van der Waals surface area contributed by atoms with Crippen molar-refractivity contribution in [2.24, 2.45) is 5.73 Å². The van der Waals surface area contributed by atoms with Gasteiger partial charge in [-0.3, -0.25) is 4.79 Å². The highest BCUT2D eigenvalue weighted by atomic mass is 79.9. The molecule has 2 aromatic rings. The van der Waals surface area contributed by atoms with E-state index in [1.807, 2.05) is 48.5 Å². The molecule has 1 amide bonds. The molecule has 2 aromatic carbocycles. The van der Waals surface area contributed by atoms with Gasteiger partial charge in [-0.2, -0.15) is 0 Å². The van der Waals surface area contributed by atoms with Crippen molar-refractivity contribution >= 4 is 27.9 Å². The van der Waals surface area contributed by atoms with E-state index >= 15 is 0 Å². The van der Waals surface area contributed by atoms with Crippen molar-refractivity contribution in [2.45, 2.75) is 6.61 Å². The largest absolute Gasteiger partial charge is 0.489 e. The summed E-state index contributed by atoms with van der Waals surface area (Å²) in [5, 5.41) is 0. The summed E-state index contributed by atoms with van der Waals surface area (Å²) in [5.74, 6) is 0.324. The van der Waals surface area contributed by atoms with Gasteiger partial charge in [-0.15, -0.1) is 0 Å². The normalized spacial score (nSPS) is 10.7. The second-order valence-corrected chi connectivity index (χ2v) is 5.14. The molecule has 0 heterocycles. The van der Waals surface area contributed by atoms with Crippen LogP contribution in [0.5, 0.6) is 5.75 Å². The van der Waals surface area contributed by atoms with Crippen LogP contribution in [-0.2, 0) is 11.4 Å². The predicted octanol–water partition coefficient (Wildman–Crippen LogP) is 3.53. The molecule has 0 radical (unpaired) electrons. The van der Waals surface area contributed by atoms with Crippen molar-refractivity contribution in [3.8, 4) is 5.75 Å². The Kier molecular flexibility index (Phi) is 4.96. The Morgan fingerprint density at radius 2 is 1.75 bits per heavy atom. The number of nitrogens with two attached hydrogens (primary N) is 1. The van der Waals surface area contributed by atoms with Gasteiger partial charge in [0.2, 0.25) is 5.91 Å². The second kappa shape index (κ2) is 6.91. The maximum Gasteiger partial charge on any atom is 0.241 e. The lowest BCUT2D eigenvalue weighted by Gasteiger charge is -2.06. The Morgan fingerprint density at radius 1 is 1.10 bits per heavy atom. The lowest BCUT2D eigenvalue weighted by molar-refractivity contribution is -0.113. The number of hydrogen-bond donors (Lipinski definition) is 1. The molecule has 0 bridgehead atoms. The van der Waals surface area contributed by atoms with Crippen LogP contribution in [0.15, 0.2) is 59.1 Å². The van der Waals surface area contributed by atoms with Crippen LogP contribution < -0.4 is 10.5 Å². The molecular formula is C16H14BrNO2. The molecule has 0 aliphatic rings. The highest BCUT2D eigenvalue weighted by molar-refractivity contribution is 9.10. The molecule has 2 N–H and O–H groups in total. The summed E-state index contributed by atoms with van der Waals surface area (Å²) in [5.41, 5.74) is 7.04. The lowest BCUT2D eigenvalue weighted by Crippen LogP contribution is -2.05. The molecule has 2 rings (SSSR count). The minimum atomic E-state index is -0.458. The first-order valence-electron chi connectivity index (χ1n) is 6.08. The Morgan fingerprint density at radius 3 is 2.35 bits per heavy atom. The average molecular weight is 332 g/mol. The first-order valence-corrected chi connectivity index (χ1v) is 6.87. The number of ether oxygens (including phenoxy) is 1. The third kappa shape index (κ3) is 4.55. The molecule has 0 atom stereocenters. The molecule has 0 unspecified atom stereocenters. The summed E-state index contributed by atoms with van der Waals surface area (Å²) in [4.78, 5) is 10.6. The number of primary amides is 1. The molecule has 0 aromatic heterocycles. The monoisotopic (exact) mass is 331 g/mol. The van der Waals surface area contributed by atoms with Gasteiger partial charge in [0.05, 0.1) is 0 Å². The van der Waals surface area contributed by atoms with Gasteiger partial charge in [0.25, 0.3) is 0 Å². The van der Waals surface area contributed by atoms with Crippen LogP contribution in [0.4, 0.5) is 0 Å². The van der Waals surface area contributed by atoms with E-state index in [1.165, 1.54) is 6.08 Å². The van der Waals surface area contributed by atoms with E-state index in [2.05, 4.69) is 15.9 Å². The average Bonchev–Trinajstić information content (AvgIpc) is 2.45. The number of hydrogen-bond acceptors (Lipinski definition) is 2. The fraction of sp³-hybridized carbons (Fsp3) is 0.0625. The van der Waals surface area contributed by atoms with Crippen LogP contribution in [0.2, 0.25) is 0 Å². The van der Waals surface area contributed by atoms with Gasteiger partial charge in [-0.1, -0.05) is 40.2 Å². The van der Waals surface area contributed by atoms with Crippen molar-refractivity contribution < 1.29 is 9.53 Å². The van der Waals surface area contributed by atoms with Gasteiger partial charge < -0.3 is 10.5 Å². The van der Waals surface area contributed by atoms with Gasteiger partial charge in [-0.25, -0.2) is 0 Å². The van der Waals surface area contributed by atoms with Gasteiger partial charge in [0.1, 0.15) is 12.4 Å². The van der Waals surface area contributed by atoms with Gasteiger partial charge in [-0.05, 0) is 41.5 Å². The number of carbonyl (C=O) groups excluding carboxylic acids is 1. The fourth-order valence-corrected chi connectivity index (χ4v) is 1.87. The smallest absolute Gasteiger partial charge is 0.241 e. The fourth-order valence-electron chi connectivity index (χ4n) is 1.60. The zero-order chi connectivity index (χ0) is 14.4. The van der Waals surface area contributed by atoms with Crippen LogP contribution in [0.25, 0.3) is 6.08 Å². The number of benzene rings is 2. The third-order valence-electron chi connectivity index (χ3n) is 2.64. The SMILES string of the molecule is NC(=O)/C=C\c1ccc(OCc2ccc(Br)cc2)cc1. The van der Waals surface area contributed by atoms with Crippen LogP contribution >= 0.6 is 15.9 Å². The maximum atomic E-state index is 10.6. The van der Waals surface area contributed by atoms with Crippen LogP contribution in [0.1, 0.15) is 11.1 Å². The Balaban J connectivity index is 1.93. The standard InChI is InChI=1S/C16H14BrNO2/c17-14-6-1-13(2-7-14)11-20-15-8-3-12(4-9-15)5-10-16(18)19/h1-10H,11H2,(H2,18,19)/b10-5-. The topological polar surface area (TPSA) is 52.3 Å². The van der Waals surface area contributed by atoms with Crippen molar-refractivity contribution in [1.82, 2.24) is 0 Å². The molecule has 3 nitrogen and oxygen atoms in total. The first kappa shape index (κ1) is 14.3. The lowest BCUT2D eigenvalue weighted by atomic mass is 10.2. The summed E-state index contributed by atoms with van der Waals surface area (Å²) in [6.07, 6.45) is 3.00. The minimum Gasteiger partial charge on any atom is -0.489 e. The highest BCUT2D eigenvalue weighted by Gasteiger charge is 1.97. The summed E-state index contributed by atoms with van der Waals surface area (Å²) < 4.78 is 6.73. The van der Waals surface area contributed by atoms with E-state index in [1.54, 1.807) is 6.08 Å². The van der Waals surface area contributed by atoms with Gasteiger partial charge >= 0.3 is 0 Å². The number of halogens is 1. The molecule has 0 aliphatic carbocycles. The van der Waals surface area contributed by atoms with E-state index in [-0.39, 0.29) is 0 Å². The van der Waals surface area contributed by atoms with Crippen LogP contribution in [0.3, 0.4) is 0 Å². The molecule has 0 saturated carbocycles. The van der Waals surface area contributed by atoms with Gasteiger partial charge in [0, 0.05) is 10.5 Å². The van der Waals surface area contributed by atoms with Crippen molar-refractivity contribution in [2.75, 3.05) is 0 Å². The second-order valence-electron chi connectivity index (χ2n) is 4.22.